The van der Waals surface area contributed by atoms with Gasteiger partial charge in [-0.05, 0) is 48.2 Å². The minimum Gasteiger partial charge on any atom is -0.378 e. The third kappa shape index (κ3) is 3.80. The smallest absolute Gasteiger partial charge is 0.257 e. The van der Waals surface area contributed by atoms with E-state index in [0.717, 1.165) is 23.2 Å². The molecule has 0 aliphatic heterocycles. The normalized spacial score (nSPS) is 12.0. The highest BCUT2D eigenvalue weighted by molar-refractivity contribution is 6.34. The van der Waals surface area contributed by atoms with Gasteiger partial charge in [-0.15, -0.1) is 0 Å². The summed E-state index contributed by atoms with van der Waals surface area (Å²) >= 11 is 11.8. The Hall–Kier alpha value is -1.55. The van der Waals surface area contributed by atoms with Gasteiger partial charge < -0.3 is 10.4 Å². The van der Waals surface area contributed by atoms with Crippen molar-refractivity contribution in [3.63, 3.8) is 0 Å². The van der Waals surface area contributed by atoms with Gasteiger partial charge in [0.05, 0.1) is 0 Å². The van der Waals surface area contributed by atoms with Crippen molar-refractivity contribution in [1.29, 1.82) is 0 Å². The number of carbonyl (C=O) groups is 1. The van der Waals surface area contributed by atoms with Gasteiger partial charge in [0.25, 0.3) is 5.91 Å². The van der Waals surface area contributed by atoms with E-state index in [0.29, 0.717) is 15.6 Å². The molecule has 2 aromatic carbocycles. The first-order chi connectivity index (χ1) is 10.4. The van der Waals surface area contributed by atoms with Gasteiger partial charge in [0.2, 0.25) is 0 Å². The summed E-state index contributed by atoms with van der Waals surface area (Å²) in [5.74, 6) is -0.512. The van der Waals surface area contributed by atoms with Gasteiger partial charge >= 0.3 is 0 Å². The van der Waals surface area contributed by atoms with Gasteiger partial charge in [-0.2, -0.15) is 0 Å². The number of anilines is 1. The molecule has 5 heteroatoms. The van der Waals surface area contributed by atoms with Crippen LogP contribution in [-0.4, -0.2) is 11.0 Å². The molecule has 116 valence electrons. The molecular formula is C17H17Cl2NO2. The van der Waals surface area contributed by atoms with E-state index in [1.165, 1.54) is 12.1 Å². The molecule has 0 fully saturated rings. The molecule has 0 radical (unpaired) electrons. The van der Waals surface area contributed by atoms with E-state index in [1.54, 1.807) is 6.07 Å². The van der Waals surface area contributed by atoms with Crippen LogP contribution in [0, 0.1) is 6.92 Å². The van der Waals surface area contributed by atoms with Crippen LogP contribution in [0.4, 0.5) is 5.69 Å². The molecule has 22 heavy (non-hydrogen) atoms. The maximum Gasteiger partial charge on any atom is 0.257 e. The van der Waals surface area contributed by atoms with Crippen molar-refractivity contribution in [2.75, 3.05) is 5.32 Å². The number of hydrogen-bond acceptors (Lipinski definition) is 2. The summed E-state index contributed by atoms with van der Waals surface area (Å²) in [6, 6.07) is 10.4. The largest absolute Gasteiger partial charge is 0.378 e. The second-order valence-corrected chi connectivity index (χ2v) is 5.93. The first-order valence-electron chi connectivity index (χ1n) is 6.95. The van der Waals surface area contributed by atoms with Crippen LogP contribution < -0.4 is 5.32 Å². The number of amides is 1. The van der Waals surface area contributed by atoms with Crippen molar-refractivity contribution in [3.8, 4) is 0 Å². The minimum atomic E-state index is -1.33. The summed E-state index contributed by atoms with van der Waals surface area (Å²) < 4.78 is 0. The van der Waals surface area contributed by atoms with E-state index in [2.05, 4.69) is 5.32 Å². The van der Waals surface area contributed by atoms with Crippen molar-refractivity contribution < 1.29 is 9.90 Å². The summed E-state index contributed by atoms with van der Waals surface area (Å²) in [5.41, 5.74) is 3.07. The van der Waals surface area contributed by atoms with Crippen molar-refractivity contribution >= 4 is 34.8 Å². The maximum absolute atomic E-state index is 12.3. The predicted molar refractivity (Wildman–Crippen MR) is 90.6 cm³/mol. The molecular weight excluding hydrogens is 321 g/mol. The van der Waals surface area contributed by atoms with Gasteiger partial charge in [0.15, 0.2) is 6.10 Å². The molecule has 2 aromatic rings. The highest BCUT2D eigenvalue weighted by atomic mass is 35.5. The summed E-state index contributed by atoms with van der Waals surface area (Å²) in [6.07, 6.45) is -0.545. The molecule has 0 saturated carbocycles. The molecule has 1 atom stereocenters. The Morgan fingerprint density at radius 2 is 1.86 bits per heavy atom. The number of halogens is 2. The number of aliphatic hydroxyl groups is 1. The molecule has 0 saturated heterocycles. The van der Waals surface area contributed by atoms with Gasteiger partial charge in [-0.3, -0.25) is 4.79 Å². The molecule has 0 heterocycles. The van der Waals surface area contributed by atoms with Crippen molar-refractivity contribution in [2.45, 2.75) is 26.4 Å². The fourth-order valence-corrected chi connectivity index (χ4v) is 2.82. The third-order valence-corrected chi connectivity index (χ3v) is 3.87. The lowest BCUT2D eigenvalue weighted by Crippen LogP contribution is -2.22. The summed E-state index contributed by atoms with van der Waals surface area (Å²) in [7, 11) is 0. The first-order valence-corrected chi connectivity index (χ1v) is 7.71. The number of aliphatic hydroxyl groups excluding tert-OH is 1. The third-order valence-electron chi connectivity index (χ3n) is 3.44. The second-order valence-electron chi connectivity index (χ2n) is 5.06. The number of para-hydroxylation sites is 1. The quantitative estimate of drug-likeness (QED) is 0.860. The molecule has 0 bridgehead atoms. The standard InChI is InChI=1S/C17H17Cl2NO2/c1-3-11-6-4-5-10(2)15(11)20-17(22)16(21)12-7-13(18)9-14(19)8-12/h4-9,16,21H,3H2,1-2H3,(H,20,22). The lowest BCUT2D eigenvalue weighted by molar-refractivity contribution is -0.124. The van der Waals surface area contributed by atoms with Crippen LogP contribution >= 0.6 is 23.2 Å². The second kappa shape index (κ2) is 7.14. The number of nitrogens with one attached hydrogen (secondary N) is 1. The summed E-state index contributed by atoms with van der Waals surface area (Å²) in [6.45, 7) is 3.93. The fourth-order valence-electron chi connectivity index (χ4n) is 2.28. The van der Waals surface area contributed by atoms with Crippen LogP contribution in [0.15, 0.2) is 36.4 Å². The number of benzene rings is 2. The lowest BCUT2D eigenvalue weighted by atomic mass is 10.0. The van der Waals surface area contributed by atoms with Crippen LogP contribution in [0.5, 0.6) is 0 Å². The van der Waals surface area contributed by atoms with Gasteiger partial charge in [0.1, 0.15) is 0 Å². The minimum absolute atomic E-state index is 0.363. The van der Waals surface area contributed by atoms with Gasteiger partial charge in [-0.1, -0.05) is 48.3 Å². The molecule has 0 spiro atoms. The zero-order chi connectivity index (χ0) is 16.3. The van der Waals surface area contributed by atoms with Gasteiger partial charge in [-0.25, -0.2) is 0 Å². The highest BCUT2D eigenvalue weighted by Crippen LogP contribution is 2.26. The molecule has 0 aliphatic carbocycles. The molecule has 0 aliphatic rings. The molecule has 1 unspecified atom stereocenters. The predicted octanol–water partition coefficient (Wildman–Crippen LogP) is 4.54. The number of hydrogen-bond donors (Lipinski definition) is 2. The topological polar surface area (TPSA) is 49.3 Å². The Morgan fingerprint density at radius 3 is 2.45 bits per heavy atom. The Morgan fingerprint density at radius 1 is 1.23 bits per heavy atom. The van der Waals surface area contributed by atoms with E-state index >= 15 is 0 Å². The van der Waals surface area contributed by atoms with Crippen LogP contribution in [-0.2, 0) is 11.2 Å². The molecule has 2 N–H and O–H groups in total. The van der Waals surface area contributed by atoms with Crippen molar-refractivity contribution in [3.05, 3.63) is 63.1 Å². The van der Waals surface area contributed by atoms with Gasteiger partial charge in [0, 0.05) is 15.7 Å². The van der Waals surface area contributed by atoms with E-state index in [-0.39, 0.29) is 0 Å². The van der Waals surface area contributed by atoms with E-state index in [1.807, 2.05) is 32.0 Å². The Labute approximate surface area is 139 Å². The number of aryl methyl sites for hydroxylation is 2. The van der Waals surface area contributed by atoms with Crippen molar-refractivity contribution in [1.82, 2.24) is 0 Å². The summed E-state index contributed by atoms with van der Waals surface area (Å²) in [5, 5.41) is 13.8. The van der Waals surface area contributed by atoms with Crippen LogP contribution in [0.2, 0.25) is 10.0 Å². The van der Waals surface area contributed by atoms with Crippen molar-refractivity contribution in [2.24, 2.45) is 0 Å². The van der Waals surface area contributed by atoms with Crippen LogP contribution in [0.3, 0.4) is 0 Å². The first kappa shape index (κ1) is 16.8. The molecule has 3 nitrogen and oxygen atoms in total. The number of rotatable bonds is 4. The van der Waals surface area contributed by atoms with Crippen LogP contribution in [0.25, 0.3) is 0 Å². The average Bonchev–Trinajstić information content (AvgIpc) is 2.47. The Bertz CT molecular complexity index is 681. The average molecular weight is 338 g/mol. The van der Waals surface area contributed by atoms with Crippen LogP contribution in [0.1, 0.15) is 29.7 Å². The van der Waals surface area contributed by atoms with E-state index in [4.69, 9.17) is 23.2 Å². The monoisotopic (exact) mass is 337 g/mol. The SMILES string of the molecule is CCc1cccc(C)c1NC(=O)C(O)c1cc(Cl)cc(Cl)c1. The Balaban J connectivity index is 2.25. The molecule has 0 aromatic heterocycles. The molecule has 1 amide bonds. The molecule has 2 rings (SSSR count). The summed E-state index contributed by atoms with van der Waals surface area (Å²) in [4.78, 5) is 12.3. The maximum atomic E-state index is 12.3. The zero-order valence-corrected chi connectivity index (χ0v) is 13.9. The lowest BCUT2D eigenvalue weighted by Gasteiger charge is -2.16. The van der Waals surface area contributed by atoms with E-state index < -0.39 is 12.0 Å². The highest BCUT2D eigenvalue weighted by Gasteiger charge is 2.20. The van der Waals surface area contributed by atoms with E-state index in [9.17, 15) is 9.90 Å². The number of carbonyl (C=O) groups excluding carboxylic acids is 1. The fraction of sp³-hybridized carbons (Fsp3) is 0.235. The zero-order valence-electron chi connectivity index (χ0n) is 12.4. The Kier molecular flexibility index (Phi) is 5.46.